The molecule has 4 heteroatoms. The van der Waals surface area contributed by atoms with E-state index in [-0.39, 0.29) is 5.91 Å². The van der Waals surface area contributed by atoms with Crippen LogP contribution in [0.4, 0.5) is 5.69 Å². The minimum atomic E-state index is 0.0247. The average molecular weight is 263 g/mol. The van der Waals surface area contributed by atoms with Gasteiger partial charge in [0.2, 0.25) is 5.91 Å². The Balaban J connectivity index is 2.49. The van der Waals surface area contributed by atoms with Crippen LogP contribution in [0, 0.1) is 12.8 Å². The number of anilines is 1. The van der Waals surface area contributed by atoms with Crippen molar-refractivity contribution in [3.05, 3.63) is 29.8 Å². The molecule has 1 rings (SSSR count). The summed E-state index contributed by atoms with van der Waals surface area (Å²) in [6.07, 6.45) is 0. The van der Waals surface area contributed by atoms with Crippen molar-refractivity contribution in [2.24, 2.45) is 11.7 Å². The molecule has 1 aromatic rings. The second kappa shape index (κ2) is 7.92. The number of rotatable bonds is 7. The molecule has 0 spiro atoms. The highest BCUT2D eigenvalue weighted by Crippen LogP contribution is 2.09. The third kappa shape index (κ3) is 5.85. The largest absolute Gasteiger partial charge is 0.330 e. The molecule has 0 saturated carbocycles. The lowest BCUT2D eigenvalue weighted by Gasteiger charge is -2.23. The minimum Gasteiger partial charge on any atom is -0.330 e. The van der Waals surface area contributed by atoms with Gasteiger partial charge in [0.15, 0.2) is 0 Å². The number of carbonyl (C=O) groups excluding carboxylic acids is 1. The summed E-state index contributed by atoms with van der Waals surface area (Å²) in [5.74, 6) is 0.434. The van der Waals surface area contributed by atoms with Crippen molar-refractivity contribution in [1.29, 1.82) is 0 Å². The number of carbonyl (C=O) groups is 1. The Hall–Kier alpha value is -1.39. The standard InChI is InChI=1S/C15H25N3O/c1-4-18(10-13(3)9-16)11-15(19)17-14-7-5-6-12(2)8-14/h5-8,13H,4,9-11,16H2,1-3H3,(H,17,19). The number of nitrogens with zero attached hydrogens (tertiary/aromatic N) is 1. The van der Waals surface area contributed by atoms with Crippen molar-refractivity contribution in [2.45, 2.75) is 20.8 Å². The third-order valence-corrected chi connectivity index (χ3v) is 3.09. The zero-order chi connectivity index (χ0) is 14.3. The van der Waals surface area contributed by atoms with Crippen molar-refractivity contribution >= 4 is 11.6 Å². The first-order valence-electron chi connectivity index (χ1n) is 6.84. The summed E-state index contributed by atoms with van der Waals surface area (Å²) < 4.78 is 0. The van der Waals surface area contributed by atoms with Crippen LogP contribution in [0.3, 0.4) is 0 Å². The Morgan fingerprint density at radius 2 is 2.21 bits per heavy atom. The molecule has 1 unspecified atom stereocenters. The zero-order valence-electron chi connectivity index (χ0n) is 12.1. The molecule has 0 aliphatic rings. The summed E-state index contributed by atoms with van der Waals surface area (Å²) in [5.41, 5.74) is 7.61. The van der Waals surface area contributed by atoms with Crippen molar-refractivity contribution in [1.82, 2.24) is 4.90 Å². The van der Waals surface area contributed by atoms with Crippen LogP contribution in [-0.2, 0) is 4.79 Å². The Labute approximate surface area is 116 Å². The number of hydrogen-bond donors (Lipinski definition) is 2. The van der Waals surface area contributed by atoms with Crippen LogP contribution in [-0.4, -0.2) is 37.0 Å². The summed E-state index contributed by atoms with van der Waals surface area (Å²) in [7, 11) is 0. The van der Waals surface area contributed by atoms with Crippen LogP contribution < -0.4 is 11.1 Å². The van der Waals surface area contributed by atoms with Gasteiger partial charge in [-0.3, -0.25) is 9.69 Å². The van der Waals surface area contributed by atoms with Crippen LogP contribution in [0.25, 0.3) is 0 Å². The maximum atomic E-state index is 12.0. The predicted octanol–water partition coefficient (Wildman–Crippen LogP) is 1.85. The van der Waals surface area contributed by atoms with E-state index in [1.807, 2.05) is 31.2 Å². The van der Waals surface area contributed by atoms with Gasteiger partial charge in [0.1, 0.15) is 0 Å². The topological polar surface area (TPSA) is 58.4 Å². The van der Waals surface area contributed by atoms with Gasteiger partial charge in [-0.15, -0.1) is 0 Å². The number of likely N-dealkylation sites (N-methyl/N-ethyl adjacent to an activating group) is 1. The lowest BCUT2D eigenvalue weighted by molar-refractivity contribution is -0.117. The van der Waals surface area contributed by atoms with Crippen LogP contribution in [0.2, 0.25) is 0 Å². The zero-order valence-corrected chi connectivity index (χ0v) is 12.1. The molecule has 1 aromatic carbocycles. The fraction of sp³-hybridized carbons (Fsp3) is 0.533. The van der Waals surface area contributed by atoms with E-state index in [4.69, 9.17) is 5.73 Å². The highest BCUT2D eigenvalue weighted by atomic mass is 16.2. The van der Waals surface area contributed by atoms with Gasteiger partial charge < -0.3 is 11.1 Å². The number of aryl methyl sites for hydroxylation is 1. The van der Waals surface area contributed by atoms with E-state index in [0.717, 1.165) is 24.3 Å². The summed E-state index contributed by atoms with van der Waals surface area (Å²) in [4.78, 5) is 14.1. The van der Waals surface area contributed by atoms with Crippen molar-refractivity contribution in [2.75, 3.05) is 31.5 Å². The number of hydrogen-bond acceptors (Lipinski definition) is 3. The molecule has 1 amide bonds. The van der Waals surface area contributed by atoms with Gasteiger partial charge in [-0.2, -0.15) is 0 Å². The number of amides is 1. The molecule has 0 aromatic heterocycles. The van der Waals surface area contributed by atoms with Gasteiger partial charge in [0.25, 0.3) is 0 Å². The molecule has 106 valence electrons. The molecular weight excluding hydrogens is 238 g/mol. The second-order valence-corrected chi connectivity index (χ2v) is 5.09. The second-order valence-electron chi connectivity index (χ2n) is 5.09. The molecule has 1 atom stereocenters. The van der Waals surface area contributed by atoms with Gasteiger partial charge in [0.05, 0.1) is 6.54 Å². The van der Waals surface area contributed by atoms with Gasteiger partial charge >= 0.3 is 0 Å². The normalized spacial score (nSPS) is 12.5. The quantitative estimate of drug-likeness (QED) is 0.789. The van der Waals surface area contributed by atoms with Crippen LogP contribution >= 0.6 is 0 Å². The Morgan fingerprint density at radius 3 is 2.79 bits per heavy atom. The smallest absolute Gasteiger partial charge is 0.238 e. The lowest BCUT2D eigenvalue weighted by atomic mass is 10.1. The van der Waals surface area contributed by atoms with Crippen LogP contribution in [0.1, 0.15) is 19.4 Å². The molecule has 0 heterocycles. The van der Waals surface area contributed by atoms with E-state index in [9.17, 15) is 4.79 Å². The SMILES string of the molecule is CCN(CC(=O)Nc1cccc(C)c1)CC(C)CN. The monoisotopic (exact) mass is 263 g/mol. The van der Waals surface area contributed by atoms with Gasteiger partial charge in [0, 0.05) is 12.2 Å². The molecule has 4 nitrogen and oxygen atoms in total. The van der Waals surface area contributed by atoms with E-state index in [1.165, 1.54) is 0 Å². The molecule has 0 saturated heterocycles. The van der Waals surface area contributed by atoms with Crippen molar-refractivity contribution in [3.8, 4) is 0 Å². The summed E-state index contributed by atoms with van der Waals surface area (Å²) in [5, 5.41) is 2.93. The van der Waals surface area contributed by atoms with Crippen molar-refractivity contribution < 1.29 is 4.79 Å². The number of nitrogens with two attached hydrogens (primary N) is 1. The molecule has 0 bridgehead atoms. The van der Waals surface area contributed by atoms with E-state index in [0.29, 0.717) is 19.0 Å². The average Bonchev–Trinajstić information content (AvgIpc) is 2.37. The van der Waals surface area contributed by atoms with Crippen LogP contribution in [0.5, 0.6) is 0 Å². The highest BCUT2D eigenvalue weighted by Gasteiger charge is 2.12. The molecule has 0 aliphatic carbocycles. The Kier molecular flexibility index (Phi) is 6.53. The minimum absolute atomic E-state index is 0.0247. The van der Waals surface area contributed by atoms with E-state index < -0.39 is 0 Å². The molecule has 0 radical (unpaired) electrons. The summed E-state index contributed by atoms with van der Waals surface area (Å²) in [6.45, 7) is 8.94. The van der Waals surface area contributed by atoms with E-state index in [2.05, 4.69) is 24.1 Å². The summed E-state index contributed by atoms with van der Waals surface area (Å²) >= 11 is 0. The summed E-state index contributed by atoms with van der Waals surface area (Å²) in [6, 6.07) is 7.83. The molecule has 3 N–H and O–H groups in total. The maximum Gasteiger partial charge on any atom is 0.238 e. The van der Waals surface area contributed by atoms with Gasteiger partial charge in [-0.1, -0.05) is 26.0 Å². The van der Waals surface area contributed by atoms with Gasteiger partial charge in [-0.05, 0) is 43.6 Å². The first-order valence-corrected chi connectivity index (χ1v) is 6.84. The third-order valence-electron chi connectivity index (χ3n) is 3.09. The Morgan fingerprint density at radius 1 is 1.47 bits per heavy atom. The highest BCUT2D eigenvalue weighted by molar-refractivity contribution is 5.92. The molecule has 19 heavy (non-hydrogen) atoms. The van der Waals surface area contributed by atoms with Gasteiger partial charge in [-0.25, -0.2) is 0 Å². The number of nitrogens with one attached hydrogen (secondary N) is 1. The Bertz CT molecular complexity index is 406. The first-order chi connectivity index (χ1) is 9.05. The van der Waals surface area contributed by atoms with Crippen LogP contribution in [0.15, 0.2) is 24.3 Å². The molecular formula is C15H25N3O. The lowest BCUT2D eigenvalue weighted by Crippen LogP contribution is -2.37. The fourth-order valence-corrected chi connectivity index (χ4v) is 1.95. The van der Waals surface area contributed by atoms with E-state index in [1.54, 1.807) is 0 Å². The van der Waals surface area contributed by atoms with Crippen molar-refractivity contribution in [3.63, 3.8) is 0 Å². The molecule has 0 fully saturated rings. The number of benzene rings is 1. The molecule has 0 aliphatic heterocycles. The predicted molar refractivity (Wildman–Crippen MR) is 80.1 cm³/mol. The fourth-order valence-electron chi connectivity index (χ4n) is 1.95. The van der Waals surface area contributed by atoms with E-state index >= 15 is 0 Å². The maximum absolute atomic E-state index is 12.0. The first kappa shape index (κ1) is 15.7.